The molecule has 0 amide bonds. The van der Waals surface area contributed by atoms with Crippen LogP contribution in [0.5, 0.6) is 11.5 Å². The van der Waals surface area contributed by atoms with E-state index in [-0.39, 0.29) is 29.6 Å². The molecule has 1 saturated heterocycles. The molecule has 0 atom stereocenters. The van der Waals surface area contributed by atoms with Gasteiger partial charge >= 0.3 is 5.97 Å². The molecule has 2 aromatic carbocycles. The third-order valence-electron chi connectivity index (χ3n) is 8.21. The minimum Gasteiger partial charge on any atom is -0.490 e. The van der Waals surface area contributed by atoms with Crippen molar-refractivity contribution in [3.05, 3.63) is 107 Å². The molecule has 0 radical (unpaired) electrons. The zero-order valence-corrected chi connectivity index (χ0v) is 26.2. The number of carboxylic acids is 1. The zero-order valence-electron chi connectivity index (χ0n) is 26.2. The molecule has 0 spiro atoms. The van der Waals surface area contributed by atoms with E-state index in [0.29, 0.717) is 30.2 Å². The van der Waals surface area contributed by atoms with E-state index in [1.54, 1.807) is 24.5 Å². The van der Waals surface area contributed by atoms with Crippen LogP contribution in [0.1, 0.15) is 48.1 Å². The average Bonchev–Trinajstić information content (AvgIpc) is 3.68. The Morgan fingerprint density at radius 2 is 1.92 bits per heavy atom. The Morgan fingerprint density at radius 3 is 2.67 bits per heavy atom. The Morgan fingerprint density at radius 1 is 1.08 bits per heavy atom. The third kappa shape index (κ3) is 7.50. The lowest BCUT2D eigenvalue weighted by Gasteiger charge is -2.32. The molecule has 0 aliphatic carbocycles. The van der Waals surface area contributed by atoms with Gasteiger partial charge in [-0.05, 0) is 74.4 Å². The Hall–Kier alpha value is -5.61. The second-order valence-corrected chi connectivity index (χ2v) is 11.4. The number of piperidine rings is 1. The number of pyridine rings is 1. The number of halogens is 2. The Labute approximate surface area is 275 Å². The largest absolute Gasteiger partial charge is 0.490 e. The van der Waals surface area contributed by atoms with Crippen molar-refractivity contribution in [3.8, 4) is 17.6 Å². The predicted octanol–water partition coefficient (Wildman–Crippen LogP) is 5.57. The minimum atomic E-state index is -1.05. The van der Waals surface area contributed by atoms with Gasteiger partial charge < -0.3 is 23.7 Å². The van der Waals surface area contributed by atoms with Crippen molar-refractivity contribution in [2.75, 3.05) is 13.1 Å². The maximum Gasteiger partial charge on any atom is 0.328 e. The number of hydrogen-bond acceptors (Lipinski definition) is 8. The second-order valence-electron chi connectivity index (χ2n) is 11.4. The summed E-state index contributed by atoms with van der Waals surface area (Å²) in [5.41, 5.74) is 3.31. The molecule has 1 aliphatic heterocycles. The number of ether oxygens (including phenoxy) is 2. The van der Waals surface area contributed by atoms with E-state index >= 15 is 0 Å². The number of rotatable bonds is 12. The van der Waals surface area contributed by atoms with Gasteiger partial charge in [-0.3, -0.25) is 4.90 Å². The number of likely N-dealkylation sites (tertiary alicyclic amines) is 1. The van der Waals surface area contributed by atoms with Crippen LogP contribution in [0, 0.1) is 23.0 Å². The molecule has 0 bridgehead atoms. The van der Waals surface area contributed by atoms with Crippen LogP contribution in [0.15, 0.2) is 67.1 Å². The van der Waals surface area contributed by atoms with Crippen LogP contribution < -0.4 is 9.47 Å². The topological polar surface area (TPSA) is 131 Å². The first-order valence-electron chi connectivity index (χ1n) is 15.6. The van der Waals surface area contributed by atoms with Crippen molar-refractivity contribution < 1.29 is 28.2 Å². The van der Waals surface area contributed by atoms with Crippen molar-refractivity contribution in [1.82, 2.24) is 29.0 Å². The zero-order chi connectivity index (χ0) is 33.6. The summed E-state index contributed by atoms with van der Waals surface area (Å²) in [5, 5.41) is 18.0. The summed E-state index contributed by atoms with van der Waals surface area (Å²) in [7, 11) is 0. The molecule has 4 heterocycles. The van der Waals surface area contributed by atoms with Crippen LogP contribution in [-0.4, -0.2) is 59.3 Å². The first-order valence-corrected chi connectivity index (χ1v) is 15.6. The van der Waals surface area contributed by atoms with Gasteiger partial charge in [-0.1, -0.05) is 0 Å². The highest BCUT2D eigenvalue weighted by Gasteiger charge is 2.24. The van der Waals surface area contributed by atoms with E-state index in [2.05, 4.69) is 25.9 Å². The van der Waals surface area contributed by atoms with E-state index < -0.39 is 17.6 Å². The van der Waals surface area contributed by atoms with Crippen molar-refractivity contribution >= 4 is 23.2 Å². The Bertz CT molecular complexity index is 2010. The standard InChI is InChI=1S/C35H33F2N7O4/c1-2-43-22-39-18-26(43)19-44-33(41-31-8-4-25(40-35(31)44)5-10-34(45)46)20-42-13-11-27(12-14-42)48-28-6-7-29(36)24(16-28)21-47-32-9-3-23(17-38)15-30(32)37/h3-10,15-16,18,22,27H,2,11-14,19-21H2,1H3,(H,45,46)/b10-5+. The number of hydrogen-bond donors (Lipinski definition) is 1. The number of nitriles is 1. The normalized spacial score (nSPS) is 14.0. The predicted molar refractivity (Wildman–Crippen MR) is 172 cm³/mol. The van der Waals surface area contributed by atoms with Gasteiger partial charge in [0.15, 0.2) is 17.2 Å². The average molecular weight is 654 g/mol. The van der Waals surface area contributed by atoms with E-state index in [1.165, 1.54) is 24.3 Å². The number of aliphatic carboxylic acids is 1. The molecule has 1 aliphatic rings. The molecule has 0 saturated carbocycles. The van der Waals surface area contributed by atoms with Gasteiger partial charge in [0.1, 0.15) is 35.6 Å². The highest BCUT2D eigenvalue weighted by Crippen LogP contribution is 2.26. The molecular formula is C35H33F2N7O4. The monoisotopic (exact) mass is 653 g/mol. The maximum atomic E-state index is 14.6. The molecule has 13 heteroatoms. The molecule has 246 valence electrons. The summed E-state index contributed by atoms with van der Waals surface area (Å²) in [4.78, 5) is 27.3. The molecule has 5 aromatic rings. The number of fused-ring (bicyclic) bond motifs is 1. The van der Waals surface area contributed by atoms with Crippen LogP contribution in [0.2, 0.25) is 0 Å². The summed E-state index contributed by atoms with van der Waals surface area (Å²) in [6.07, 6.45) is 7.54. The number of benzene rings is 2. The van der Waals surface area contributed by atoms with Crippen LogP contribution >= 0.6 is 0 Å². The van der Waals surface area contributed by atoms with E-state index in [1.807, 2.05) is 18.3 Å². The smallest absolute Gasteiger partial charge is 0.328 e. The molecule has 11 nitrogen and oxygen atoms in total. The highest BCUT2D eigenvalue weighted by atomic mass is 19.1. The van der Waals surface area contributed by atoms with Crippen LogP contribution in [0.4, 0.5) is 8.78 Å². The molecule has 0 unspecified atom stereocenters. The number of nitrogens with zero attached hydrogens (tertiary/aromatic N) is 7. The fourth-order valence-electron chi connectivity index (χ4n) is 5.68. The quantitative estimate of drug-likeness (QED) is 0.172. The van der Waals surface area contributed by atoms with Gasteiger partial charge in [0, 0.05) is 37.5 Å². The van der Waals surface area contributed by atoms with E-state index in [0.717, 1.165) is 61.7 Å². The fourth-order valence-corrected chi connectivity index (χ4v) is 5.68. The number of carbonyl (C=O) groups is 1. The lowest BCUT2D eigenvalue weighted by molar-refractivity contribution is -0.131. The van der Waals surface area contributed by atoms with Gasteiger partial charge in [0.25, 0.3) is 0 Å². The summed E-state index contributed by atoms with van der Waals surface area (Å²) in [6.45, 7) is 5.20. The van der Waals surface area contributed by atoms with Crippen molar-refractivity contribution in [2.24, 2.45) is 0 Å². The second kappa shape index (κ2) is 14.4. The minimum absolute atomic E-state index is 0.0668. The number of aromatic nitrogens is 5. The van der Waals surface area contributed by atoms with Crippen LogP contribution in [0.3, 0.4) is 0 Å². The van der Waals surface area contributed by atoms with Crippen LogP contribution in [0.25, 0.3) is 17.2 Å². The van der Waals surface area contributed by atoms with E-state index in [4.69, 9.17) is 29.8 Å². The van der Waals surface area contributed by atoms with Gasteiger partial charge in [0.05, 0.1) is 42.4 Å². The number of aryl methyl sites for hydroxylation is 1. The van der Waals surface area contributed by atoms with Gasteiger partial charge in [-0.2, -0.15) is 5.26 Å². The van der Waals surface area contributed by atoms with Gasteiger partial charge in [-0.25, -0.2) is 28.5 Å². The SMILES string of the molecule is CCn1cncc1Cn1c(CN2CCC(Oc3ccc(F)c(COc4ccc(C#N)cc4F)c3)CC2)nc2ccc(/C=C/C(=O)O)nc21. The summed E-state index contributed by atoms with van der Waals surface area (Å²) >= 11 is 0. The van der Waals surface area contributed by atoms with Crippen molar-refractivity contribution in [1.29, 1.82) is 5.26 Å². The molecule has 48 heavy (non-hydrogen) atoms. The lowest BCUT2D eigenvalue weighted by atomic mass is 10.1. The molecule has 6 rings (SSSR count). The highest BCUT2D eigenvalue weighted by molar-refractivity contribution is 5.85. The molecule has 1 N–H and O–H groups in total. The first kappa shape index (κ1) is 32.3. The maximum absolute atomic E-state index is 14.6. The summed E-state index contributed by atoms with van der Waals surface area (Å²) < 4.78 is 44.6. The molecule has 3 aromatic heterocycles. The molecule has 1 fully saturated rings. The van der Waals surface area contributed by atoms with E-state index in [9.17, 15) is 13.6 Å². The Kier molecular flexibility index (Phi) is 9.73. The van der Waals surface area contributed by atoms with Gasteiger partial charge in [-0.15, -0.1) is 0 Å². The first-order chi connectivity index (χ1) is 23.3. The summed E-state index contributed by atoms with van der Waals surface area (Å²) in [6, 6.07) is 13.8. The fraction of sp³-hybridized carbons (Fsp3) is 0.286. The lowest BCUT2D eigenvalue weighted by Crippen LogP contribution is -2.38. The van der Waals surface area contributed by atoms with Crippen LogP contribution in [-0.2, 0) is 31.0 Å². The third-order valence-corrected chi connectivity index (χ3v) is 8.21. The van der Waals surface area contributed by atoms with Crippen molar-refractivity contribution in [3.63, 3.8) is 0 Å². The number of carboxylic acid groups (broad SMARTS) is 1. The Balaban J connectivity index is 1.12. The number of imidazole rings is 2. The molecular weight excluding hydrogens is 620 g/mol. The van der Waals surface area contributed by atoms with Crippen molar-refractivity contribution in [2.45, 2.75) is 52.1 Å². The summed E-state index contributed by atoms with van der Waals surface area (Å²) in [5.74, 6) is -0.955. The van der Waals surface area contributed by atoms with Gasteiger partial charge in [0.2, 0.25) is 0 Å².